The maximum absolute atomic E-state index is 12.4. The number of hydrogen-bond donors (Lipinski definition) is 2. The summed E-state index contributed by atoms with van der Waals surface area (Å²) in [5.41, 5.74) is 0.407. The van der Waals surface area contributed by atoms with Gasteiger partial charge in [0.25, 0.3) is 5.91 Å². The van der Waals surface area contributed by atoms with Crippen molar-refractivity contribution in [1.82, 2.24) is 0 Å². The van der Waals surface area contributed by atoms with E-state index in [4.69, 9.17) is 9.47 Å². The van der Waals surface area contributed by atoms with Crippen molar-refractivity contribution in [3.05, 3.63) is 48.5 Å². The number of amides is 1. The molecule has 0 aliphatic carbocycles. The van der Waals surface area contributed by atoms with Gasteiger partial charge in [0, 0.05) is 0 Å². The van der Waals surface area contributed by atoms with Crippen molar-refractivity contribution in [2.24, 2.45) is 0 Å². The molecule has 0 spiro atoms. The van der Waals surface area contributed by atoms with E-state index in [1.54, 1.807) is 36.4 Å². The average molecular weight is 352 g/mol. The van der Waals surface area contributed by atoms with E-state index >= 15 is 0 Å². The molecule has 0 bridgehead atoms. The van der Waals surface area contributed by atoms with Gasteiger partial charge in [0.1, 0.15) is 13.2 Å². The van der Waals surface area contributed by atoms with Crippen molar-refractivity contribution in [3.8, 4) is 11.5 Å². The number of carbonyl (C=O) groups is 1. The monoisotopic (exact) mass is 352 g/mol. The SMILES string of the molecule is O=C(Nc1ccccc1NCC(F)(F)F)C1COc2ccccc2O1. The predicted molar refractivity (Wildman–Crippen MR) is 86.0 cm³/mol. The van der Waals surface area contributed by atoms with E-state index in [2.05, 4.69) is 10.6 Å². The Bertz CT molecular complexity index is 765. The summed E-state index contributed by atoms with van der Waals surface area (Å²) in [4.78, 5) is 12.4. The summed E-state index contributed by atoms with van der Waals surface area (Å²) in [6.07, 6.45) is -5.26. The van der Waals surface area contributed by atoms with Gasteiger partial charge in [-0.2, -0.15) is 13.2 Å². The second-order valence-corrected chi connectivity index (χ2v) is 5.37. The molecular formula is C17H15F3N2O3. The number of alkyl halides is 3. The summed E-state index contributed by atoms with van der Waals surface area (Å²) in [5, 5.41) is 4.84. The number of ether oxygens (including phenoxy) is 2. The zero-order chi connectivity index (χ0) is 17.9. The third-order valence-corrected chi connectivity index (χ3v) is 3.47. The number of nitrogens with one attached hydrogen (secondary N) is 2. The van der Waals surface area contributed by atoms with Crippen LogP contribution >= 0.6 is 0 Å². The lowest BCUT2D eigenvalue weighted by Crippen LogP contribution is -2.40. The first kappa shape index (κ1) is 16.9. The minimum Gasteiger partial charge on any atom is -0.485 e. The smallest absolute Gasteiger partial charge is 0.405 e. The van der Waals surface area contributed by atoms with Gasteiger partial charge in [-0.15, -0.1) is 0 Å². The first-order valence-electron chi connectivity index (χ1n) is 7.51. The summed E-state index contributed by atoms with van der Waals surface area (Å²) < 4.78 is 48.2. The van der Waals surface area contributed by atoms with Gasteiger partial charge in [-0.1, -0.05) is 24.3 Å². The lowest BCUT2D eigenvalue weighted by molar-refractivity contribution is -0.125. The fraction of sp³-hybridized carbons (Fsp3) is 0.235. The number of hydrogen-bond acceptors (Lipinski definition) is 4. The van der Waals surface area contributed by atoms with Gasteiger partial charge in [-0.25, -0.2) is 0 Å². The second-order valence-electron chi connectivity index (χ2n) is 5.37. The van der Waals surface area contributed by atoms with Crippen molar-refractivity contribution in [2.45, 2.75) is 12.3 Å². The van der Waals surface area contributed by atoms with Gasteiger partial charge in [0.2, 0.25) is 6.10 Å². The molecule has 8 heteroatoms. The van der Waals surface area contributed by atoms with Crippen LogP contribution in [-0.4, -0.2) is 31.3 Å². The maximum atomic E-state index is 12.4. The largest absolute Gasteiger partial charge is 0.485 e. The highest BCUT2D eigenvalue weighted by molar-refractivity contribution is 5.97. The van der Waals surface area contributed by atoms with Crippen LogP contribution in [0.15, 0.2) is 48.5 Å². The molecule has 0 saturated heterocycles. The fourth-order valence-electron chi connectivity index (χ4n) is 2.30. The fourth-order valence-corrected chi connectivity index (χ4v) is 2.30. The molecule has 1 aliphatic heterocycles. The topological polar surface area (TPSA) is 59.6 Å². The molecule has 1 heterocycles. The van der Waals surface area contributed by atoms with E-state index in [-0.39, 0.29) is 18.0 Å². The number of benzene rings is 2. The Morgan fingerprint density at radius 3 is 2.40 bits per heavy atom. The molecule has 0 aromatic heterocycles. The van der Waals surface area contributed by atoms with Crippen LogP contribution in [-0.2, 0) is 4.79 Å². The first-order valence-corrected chi connectivity index (χ1v) is 7.51. The normalized spacial score (nSPS) is 16.2. The third kappa shape index (κ3) is 4.34. The minimum absolute atomic E-state index is 0.0149. The van der Waals surface area contributed by atoms with Crippen LogP contribution in [0.2, 0.25) is 0 Å². The molecule has 2 N–H and O–H groups in total. The Kier molecular flexibility index (Phi) is 4.69. The van der Waals surface area contributed by atoms with Crippen molar-refractivity contribution in [2.75, 3.05) is 23.8 Å². The van der Waals surface area contributed by atoms with Crippen LogP contribution in [0.3, 0.4) is 0 Å². The van der Waals surface area contributed by atoms with Crippen molar-refractivity contribution < 1.29 is 27.4 Å². The highest BCUT2D eigenvalue weighted by Gasteiger charge is 2.29. The molecule has 1 atom stereocenters. The van der Waals surface area contributed by atoms with Gasteiger partial charge in [0.05, 0.1) is 11.4 Å². The highest BCUT2D eigenvalue weighted by atomic mass is 19.4. The summed E-state index contributed by atoms with van der Waals surface area (Å²) in [5.74, 6) is 0.479. The molecule has 0 saturated carbocycles. The lowest BCUT2D eigenvalue weighted by Gasteiger charge is -2.26. The Hall–Kier alpha value is -2.90. The van der Waals surface area contributed by atoms with E-state index in [1.807, 2.05) is 0 Å². The summed E-state index contributed by atoms with van der Waals surface area (Å²) in [6.45, 7) is -1.18. The van der Waals surface area contributed by atoms with Crippen LogP contribution < -0.4 is 20.1 Å². The predicted octanol–water partition coefficient (Wildman–Crippen LogP) is 3.44. The van der Waals surface area contributed by atoms with E-state index in [0.717, 1.165) is 0 Å². The van der Waals surface area contributed by atoms with Gasteiger partial charge >= 0.3 is 6.18 Å². The van der Waals surface area contributed by atoms with E-state index in [1.165, 1.54) is 12.1 Å². The van der Waals surface area contributed by atoms with Gasteiger partial charge < -0.3 is 20.1 Å². The van der Waals surface area contributed by atoms with E-state index in [9.17, 15) is 18.0 Å². The van der Waals surface area contributed by atoms with Gasteiger partial charge in [0.15, 0.2) is 11.5 Å². The number of halogens is 3. The van der Waals surface area contributed by atoms with Crippen LogP contribution in [0, 0.1) is 0 Å². The molecule has 1 aliphatic rings. The molecule has 1 unspecified atom stereocenters. The number of para-hydroxylation sites is 4. The van der Waals surface area contributed by atoms with Crippen molar-refractivity contribution in [1.29, 1.82) is 0 Å². The number of fused-ring (bicyclic) bond motifs is 1. The van der Waals surface area contributed by atoms with Gasteiger partial charge in [-0.05, 0) is 24.3 Å². The van der Waals surface area contributed by atoms with Gasteiger partial charge in [-0.3, -0.25) is 4.79 Å². The molecule has 132 valence electrons. The molecule has 2 aromatic rings. The molecule has 1 amide bonds. The van der Waals surface area contributed by atoms with Crippen molar-refractivity contribution in [3.63, 3.8) is 0 Å². The average Bonchev–Trinajstić information content (AvgIpc) is 2.60. The molecular weight excluding hydrogens is 337 g/mol. The molecule has 5 nitrogen and oxygen atoms in total. The number of anilines is 2. The first-order chi connectivity index (χ1) is 11.9. The van der Waals surface area contributed by atoms with Crippen LogP contribution in [0.5, 0.6) is 11.5 Å². The number of rotatable bonds is 4. The Labute approximate surface area is 141 Å². The summed E-state index contributed by atoms with van der Waals surface area (Å²) in [6, 6.07) is 13.1. The maximum Gasteiger partial charge on any atom is 0.405 e. The molecule has 2 aromatic carbocycles. The highest BCUT2D eigenvalue weighted by Crippen LogP contribution is 2.31. The third-order valence-electron chi connectivity index (χ3n) is 3.47. The zero-order valence-electron chi connectivity index (χ0n) is 13.0. The standard InChI is InChI=1S/C17H15F3N2O3/c18-17(19,20)10-21-11-5-1-2-6-12(11)22-16(23)15-9-24-13-7-3-4-8-14(13)25-15/h1-8,15,21H,9-10H2,(H,22,23). The Morgan fingerprint density at radius 2 is 1.68 bits per heavy atom. The zero-order valence-corrected chi connectivity index (χ0v) is 13.0. The number of carbonyl (C=O) groups excluding carboxylic acids is 1. The van der Waals surface area contributed by atoms with Crippen LogP contribution in [0.1, 0.15) is 0 Å². The van der Waals surface area contributed by atoms with Crippen LogP contribution in [0.4, 0.5) is 24.5 Å². The minimum atomic E-state index is -4.36. The molecule has 25 heavy (non-hydrogen) atoms. The van der Waals surface area contributed by atoms with Crippen LogP contribution in [0.25, 0.3) is 0 Å². The summed E-state index contributed by atoms with van der Waals surface area (Å²) >= 11 is 0. The Morgan fingerprint density at radius 1 is 1.04 bits per heavy atom. The molecule has 3 rings (SSSR count). The molecule has 0 radical (unpaired) electrons. The quantitative estimate of drug-likeness (QED) is 0.885. The van der Waals surface area contributed by atoms with E-state index in [0.29, 0.717) is 11.5 Å². The Balaban J connectivity index is 1.68. The van der Waals surface area contributed by atoms with Crippen molar-refractivity contribution >= 4 is 17.3 Å². The molecule has 0 fully saturated rings. The summed E-state index contributed by atoms with van der Waals surface area (Å²) in [7, 11) is 0. The lowest BCUT2D eigenvalue weighted by atomic mass is 10.2. The van der Waals surface area contributed by atoms with E-state index < -0.39 is 24.7 Å². The second kappa shape index (κ2) is 6.92.